The number of hydrazine groups is 1. The average Bonchev–Trinajstić information content (AvgIpc) is 2.42. The van der Waals surface area contributed by atoms with Crippen molar-refractivity contribution in [2.45, 2.75) is 0 Å². The number of pyridine rings is 1. The van der Waals surface area contributed by atoms with Gasteiger partial charge in [0.05, 0.1) is 16.9 Å². The number of hydrogen-bond donors (Lipinski definition) is 3. The molecule has 0 fully saturated rings. The molecule has 19 heavy (non-hydrogen) atoms. The fraction of sp³-hybridized carbons (Fsp3) is 0. The number of amides is 1. The lowest BCUT2D eigenvalue weighted by Gasteiger charge is -2.10. The highest BCUT2D eigenvalue weighted by molar-refractivity contribution is 14.1. The molecule has 0 atom stereocenters. The molecule has 1 amide bonds. The molecule has 0 saturated carbocycles. The second-order valence-corrected chi connectivity index (χ2v) is 5.72. The van der Waals surface area contributed by atoms with E-state index in [0.717, 1.165) is 13.7 Å². The Morgan fingerprint density at radius 2 is 2.11 bits per heavy atom. The monoisotopic (exact) mass is 432 g/mol. The maximum absolute atomic E-state index is 12.2. The highest BCUT2D eigenvalue weighted by Crippen LogP contribution is 2.24. The SMILES string of the molecule is NNc1ccncc1C(=O)Nc1cc(Br)ccc1I. The van der Waals surface area contributed by atoms with Gasteiger partial charge in [-0.2, -0.15) is 0 Å². The standard InChI is InChI=1S/C12H10BrIN4O/c13-7-1-2-9(14)11(5-7)17-12(19)8-6-16-4-3-10(8)18-15/h1-6H,15H2,(H,16,18)(H,17,19). The van der Waals surface area contributed by atoms with Gasteiger partial charge in [0.1, 0.15) is 0 Å². The molecule has 0 unspecified atom stereocenters. The van der Waals surface area contributed by atoms with Crippen molar-refractivity contribution in [2.75, 3.05) is 10.7 Å². The lowest BCUT2D eigenvalue weighted by Crippen LogP contribution is -2.18. The number of anilines is 2. The van der Waals surface area contributed by atoms with Gasteiger partial charge < -0.3 is 10.7 Å². The van der Waals surface area contributed by atoms with E-state index in [-0.39, 0.29) is 5.91 Å². The van der Waals surface area contributed by atoms with Crippen molar-refractivity contribution in [3.05, 3.63) is 50.3 Å². The Labute approximate surface area is 132 Å². The van der Waals surface area contributed by atoms with Crippen molar-refractivity contribution in [2.24, 2.45) is 5.84 Å². The Balaban J connectivity index is 2.28. The van der Waals surface area contributed by atoms with Gasteiger partial charge in [0, 0.05) is 20.4 Å². The predicted molar refractivity (Wildman–Crippen MR) is 86.9 cm³/mol. The molecule has 2 rings (SSSR count). The summed E-state index contributed by atoms with van der Waals surface area (Å²) < 4.78 is 1.84. The van der Waals surface area contributed by atoms with Crippen LogP contribution in [-0.2, 0) is 0 Å². The molecule has 0 radical (unpaired) electrons. The van der Waals surface area contributed by atoms with Crippen LogP contribution in [0.25, 0.3) is 0 Å². The van der Waals surface area contributed by atoms with Gasteiger partial charge in [0.25, 0.3) is 5.91 Å². The van der Waals surface area contributed by atoms with Crippen molar-refractivity contribution < 1.29 is 4.79 Å². The number of nitrogens with two attached hydrogens (primary N) is 1. The Morgan fingerprint density at radius 1 is 1.32 bits per heavy atom. The maximum Gasteiger partial charge on any atom is 0.259 e. The molecule has 4 N–H and O–H groups in total. The minimum absolute atomic E-state index is 0.267. The maximum atomic E-state index is 12.2. The number of rotatable bonds is 3. The number of nitrogens with zero attached hydrogens (tertiary/aromatic N) is 1. The molecule has 5 nitrogen and oxygen atoms in total. The van der Waals surface area contributed by atoms with E-state index in [1.165, 1.54) is 6.20 Å². The van der Waals surface area contributed by atoms with Crippen LogP contribution in [0, 0.1) is 3.57 Å². The summed E-state index contributed by atoms with van der Waals surface area (Å²) in [5, 5.41) is 2.83. The summed E-state index contributed by atoms with van der Waals surface area (Å²) >= 11 is 5.53. The zero-order chi connectivity index (χ0) is 13.8. The molecule has 0 saturated heterocycles. The molecule has 0 spiro atoms. The summed E-state index contributed by atoms with van der Waals surface area (Å²) in [6, 6.07) is 7.30. The van der Waals surface area contributed by atoms with Crippen LogP contribution in [-0.4, -0.2) is 10.9 Å². The van der Waals surface area contributed by atoms with E-state index in [4.69, 9.17) is 5.84 Å². The third kappa shape index (κ3) is 3.43. The zero-order valence-corrected chi connectivity index (χ0v) is 13.4. The van der Waals surface area contributed by atoms with Crippen LogP contribution in [0.2, 0.25) is 0 Å². The van der Waals surface area contributed by atoms with E-state index in [1.54, 1.807) is 12.3 Å². The molecule has 0 aliphatic rings. The van der Waals surface area contributed by atoms with Gasteiger partial charge in [-0.25, -0.2) is 0 Å². The summed E-state index contributed by atoms with van der Waals surface area (Å²) in [7, 11) is 0. The highest BCUT2D eigenvalue weighted by Gasteiger charge is 2.12. The van der Waals surface area contributed by atoms with Crippen LogP contribution in [0.15, 0.2) is 41.1 Å². The quantitative estimate of drug-likeness (QED) is 0.395. The number of benzene rings is 1. The molecule has 0 aliphatic heterocycles. The van der Waals surface area contributed by atoms with E-state index >= 15 is 0 Å². The third-order valence-corrected chi connectivity index (χ3v) is 3.83. The van der Waals surface area contributed by atoms with E-state index < -0.39 is 0 Å². The first kappa shape index (κ1) is 14.2. The number of nitrogen functional groups attached to an aromatic ring is 1. The first-order chi connectivity index (χ1) is 9.11. The van der Waals surface area contributed by atoms with Crippen molar-refractivity contribution in [3.63, 3.8) is 0 Å². The number of nitrogens with one attached hydrogen (secondary N) is 2. The van der Waals surface area contributed by atoms with Crippen molar-refractivity contribution in [3.8, 4) is 0 Å². The van der Waals surface area contributed by atoms with Gasteiger partial charge in [-0.05, 0) is 46.9 Å². The van der Waals surface area contributed by atoms with E-state index in [2.05, 4.69) is 54.2 Å². The van der Waals surface area contributed by atoms with Gasteiger partial charge in [0.15, 0.2) is 0 Å². The first-order valence-electron chi connectivity index (χ1n) is 5.29. The molecular formula is C12H10BrIN4O. The van der Waals surface area contributed by atoms with E-state index in [1.807, 2.05) is 18.2 Å². The van der Waals surface area contributed by atoms with Crippen molar-refractivity contribution in [1.82, 2.24) is 4.98 Å². The number of hydrogen-bond acceptors (Lipinski definition) is 4. The summed E-state index contributed by atoms with van der Waals surface area (Å²) in [5.74, 6) is 5.10. The number of halogens is 2. The molecule has 1 heterocycles. The van der Waals surface area contributed by atoms with Gasteiger partial charge in [-0.15, -0.1) is 0 Å². The zero-order valence-electron chi connectivity index (χ0n) is 9.65. The van der Waals surface area contributed by atoms with Gasteiger partial charge in [-0.3, -0.25) is 15.6 Å². The molecular weight excluding hydrogens is 423 g/mol. The Hall–Kier alpha value is -1.19. The topological polar surface area (TPSA) is 80.0 Å². The van der Waals surface area contributed by atoms with Crippen LogP contribution in [0.5, 0.6) is 0 Å². The largest absolute Gasteiger partial charge is 0.323 e. The van der Waals surface area contributed by atoms with E-state index in [9.17, 15) is 4.79 Å². The van der Waals surface area contributed by atoms with Crippen LogP contribution in [0.1, 0.15) is 10.4 Å². The minimum atomic E-state index is -0.267. The highest BCUT2D eigenvalue weighted by atomic mass is 127. The normalized spacial score (nSPS) is 10.1. The second-order valence-electron chi connectivity index (χ2n) is 3.64. The molecule has 1 aromatic heterocycles. The summed E-state index contributed by atoms with van der Waals surface area (Å²) in [5.41, 5.74) is 4.12. The first-order valence-corrected chi connectivity index (χ1v) is 7.16. The van der Waals surface area contributed by atoms with Gasteiger partial charge in [-0.1, -0.05) is 15.9 Å². The fourth-order valence-electron chi connectivity index (χ4n) is 1.48. The molecule has 7 heteroatoms. The van der Waals surface area contributed by atoms with Crippen molar-refractivity contribution >= 4 is 55.8 Å². The Bertz CT molecular complexity index is 620. The Kier molecular flexibility index (Phi) is 4.72. The van der Waals surface area contributed by atoms with Crippen LogP contribution in [0.3, 0.4) is 0 Å². The van der Waals surface area contributed by atoms with E-state index in [0.29, 0.717) is 11.3 Å². The summed E-state index contributed by atoms with van der Waals surface area (Å²) in [6.07, 6.45) is 3.03. The van der Waals surface area contributed by atoms with Gasteiger partial charge in [0.2, 0.25) is 0 Å². The fourth-order valence-corrected chi connectivity index (χ4v) is 2.32. The molecule has 1 aromatic carbocycles. The molecule has 2 aromatic rings. The lowest BCUT2D eigenvalue weighted by molar-refractivity contribution is 0.102. The number of carbonyl (C=O) groups is 1. The summed E-state index contributed by atoms with van der Waals surface area (Å²) in [6.45, 7) is 0. The number of carbonyl (C=O) groups excluding carboxylic acids is 1. The predicted octanol–water partition coefficient (Wildman–Crippen LogP) is 2.99. The lowest BCUT2D eigenvalue weighted by atomic mass is 10.2. The third-order valence-electron chi connectivity index (χ3n) is 2.40. The average molecular weight is 433 g/mol. The Morgan fingerprint density at radius 3 is 2.84 bits per heavy atom. The number of aromatic nitrogens is 1. The van der Waals surface area contributed by atoms with Crippen molar-refractivity contribution in [1.29, 1.82) is 0 Å². The molecule has 0 aliphatic carbocycles. The smallest absolute Gasteiger partial charge is 0.259 e. The molecule has 98 valence electrons. The molecule has 0 bridgehead atoms. The second kappa shape index (κ2) is 6.31. The summed E-state index contributed by atoms with van der Waals surface area (Å²) in [4.78, 5) is 16.1. The van der Waals surface area contributed by atoms with Crippen LogP contribution >= 0.6 is 38.5 Å². The van der Waals surface area contributed by atoms with Crippen LogP contribution < -0.4 is 16.6 Å². The van der Waals surface area contributed by atoms with Gasteiger partial charge >= 0.3 is 0 Å². The van der Waals surface area contributed by atoms with Crippen LogP contribution in [0.4, 0.5) is 11.4 Å². The minimum Gasteiger partial charge on any atom is -0.323 e.